The summed E-state index contributed by atoms with van der Waals surface area (Å²) in [4.78, 5) is 27.4. The zero-order chi connectivity index (χ0) is 15.4. The van der Waals surface area contributed by atoms with Gasteiger partial charge in [0.1, 0.15) is 0 Å². The number of hydrogen-bond donors (Lipinski definition) is 2. The summed E-state index contributed by atoms with van der Waals surface area (Å²) in [7, 11) is 0. The normalized spacial score (nSPS) is 10.2. The molecule has 1 heterocycles. The Morgan fingerprint density at radius 3 is 2.71 bits per heavy atom. The Labute approximate surface area is 125 Å². The van der Waals surface area contributed by atoms with E-state index < -0.39 is 11.8 Å². The molecule has 2 rings (SSSR count). The zero-order valence-electron chi connectivity index (χ0n) is 11.4. The molecule has 0 aliphatic carbocycles. The molecule has 0 aliphatic rings. The van der Waals surface area contributed by atoms with Crippen LogP contribution in [0.2, 0.25) is 5.02 Å². The molecule has 0 unspecified atom stereocenters. The Kier molecular flexibility index (Phi) is 4.54. The molecule has 8 heteroatoms. The zero-order valence-corrected chi connectivity index (χ0v) is 12.2. The van der Waals surface area contributed by atoms with E-state index in [4.69, 9.17) is 16.1 Å². The maximum absolute atomic E-state index is 11.8. The van der Waals surface area contributed by atoms with Gasteiger partial charge in [0.15, 0.2) is 5.82 Å². The van der Waals surface area contributed by atoms with Crippen LogP contribution in [0.25, 0.3) is 0 Å². The predicted octanol–water partition coefficient (Wildman–Crippen LogP) is 1.59. The third-order valence-corrected chi connectivity index (χ3v) is 3.10. The number of nitrogens with one attached hydrogen (secondary N) is 2. The monoisotopic (exact) mass is 308 g/mol. The Morgan fingerprint density at radius 2 is 2.05 bits per heavy atom. The van der Waals surface area contributed by atoms with Gasteiger partial charge in [-0.05, 0) is 31.5 Å². The summed E-state index contributed by atoms with van der Waals surface area (Å²) in [5.41, 5.74) is 1.17. The van der Waals surface area contributed by atoms with E-state index in [0.29, 0.717) is 22.1 Å². The van der Waals surface area contributed by atoms with Crippen molar-refractivity contribution in [1.29, 1.82) is 0 Å². The van der Waals surface area contributed by atoms with Gasteiger partial charge in [-0.3, -0.25) is 9.59 Å². The molecule has 21 heavy (non-hydrogen) atoms. The number of hydrogen-bond acceptors (Lipinski definition) is 5. The van der Waals surface area contributed by atoms with Crippen LogP contribution in [0.5, 0.6) is 0 Å². The lowest BCUT2D eigenvalue weighted by molar-refractivity contribution is -0.136. The van der Waals surface area contributed by atoms with Crippen molar-refractivity contribution in [2.24, 2.45) is 0 Å². The molecule has 0 aliphatic heterocycles. The minimum absolute atomic E-state index is 0.0123. The molecular weight excluding hydrogens is 296 g/mol. The van der Waals surface area contributed by atoms with Gasteiger partial charge < -0.3 is 15.2 Å². The summed E-state index contributed by atoms with van der Waals surface area (Å²) in [5, 5.41) is 8.96. The lowest BCUT2D eigenvalue weighted by Crippen LogP contribution is -2.35. The molecular formula is C13H13ClN4O3. The van der Waals surface area contributed by atoms with Crippen molar-refractivity contribution in [1.82, 2.24) is 15.5 Å². The van der Waals surface area contributed by atoms with Crippen LogP contribution in [0.1, 0.15) is 17.3 Å². The van der Waals surface area contributed by atoms with Crippen molar-refractivity contribution in [3.63, 3.8) is 0 Å². The highest BCUT2D eigenvalue weighted by atomic mass is 35.5. The van der Waals surface area contributed by atoms with Crippen LogP contribution in [0.15, 0.2) is 22.7 Å². The summed E-state index contributed by atoms with van der Waals surface area (Å²) in [6, 6.07) is 5.04. The van der Waals surface area contributed by atoms with Gasteiger partial charge in [-0.1, -0.05) is 22.8 Å². The third-order valence-electron chi connectivity index (χ3n) is 2.69. The first-order chi connectivity index (χ1) is 9.97. The van der Waals surface area contributed by atoms with E-state index in [1.54, 1.807) is 32.0 Å². The summed E-state index contributed by atoms with van der Waals surface area (Å²) < 4.78 is 4.82. The first kappa shape index (κ1) is 15.0. The van der Waals surface area contributed by atoms with Crippen LogP contribution in [0.3, 0.4) is 0 Å². The molecule has 0 saturated heterocycles. The predicted molar refractivity (Wildman–Crippen MR) is 75.7 cm³/mol. The molecule has 1 aromatic carbocycles. The van der Waals surface area contributed by atoms with E-state index in [1.807, 2.05) is 0 Å². The third kappa shape index (κ3) is 3.79. The molecule has 2 N–H and O–H groups in total. The molecule has 2 amide bonds. The summed E-state index contributed by atoms with van der Waals surface area (Å²) in [6.07, 6.45) is 0. The SMILES string of the molecule is Cc1noc(CNC(=O)C(=O)Nc2cccc(Cl)c2C)n1. The topological polar surface area (TPSA) is 97.1 Å². The van der Waals surface area contributed by atoms with E-state index in [1.165, 1.54) is 0 Å². The Morgan fingerprint density at radius 1 is 1.29 bits per heavy atom. The molecule has 0 radical (unpaired) electrons. The molecule has 0 spiro atoms. The van der Waals surface area contributed by atoms with Gasteiger partial charge in [-0.25, -0.2) is 0 Å². The number of carbonyl (C=O) groups is 2. The van der Waals surface area contributed by atoms with E-state index in [2.05, 4.69) is 20.8 Å². The van der Waals surface area contributed by atoms with E-state index in [0.717, 1.165) is 0 Å². The molecule has 1 aromatic heterocycles. The lowest BCUT2D eigenvalue weighted by atomic mass is 10.2. The van der Waals surface area contributed by atoms with E-state index >= 15 is 0 Å². The Bertz CT molecular complexity index is 684. The second-order valence-corrected chi connectivity index (χ2v) is 4.69. The van der Waals surface area contributed by atoms with Crippen LogP contribution in [0, 0.1) is 13.8 Å². The number of anilines is 1. The smallest absolute Gasteiger partial charge is 0.313 e. The number of benzene rings is 1. The minimum Gasteiger partial charge on any atom is -0.339 e. The molecule has 7 nitrogen and oxygen atoms in total. The van der Waals surface area contributed by atoms with E-state index in [9.17, 15) is 9.59 Å². The van der Waals surface area contributed by atoms with Crippen molar-refractivity contribution in [2.75, 3.05) is 5.32 Å². The lowest BCUT2D eigenvalue weighted by Gasteiger charge is -2.08. The first-order valence-corrected chi connectivity index (χ1v) is 6.48. The molecule has 0 atom stereocenters. The molecule has 0 saturated carbocycles. The fourth-order valence-electron chi connectivity index (χ4n) is 1.57. The first-order valence-electron chi connectivity index (χ1n) is 6.11. The maximum atomic E-state index is 11.8. The molecule has 0 fully saturated rings. The fourth-order valence-corrected chi connectivity index (χ4v) is 1.74. The molecule has 2 aromatic rings. The number of aryl methyl sites for hydroxylation is 1. The maximum Gasteiger partial charge on any atom is 0.313 e. The van der Waals surface area contributed by atoms with Crippen molar-refractivity contribution >= 4 is 29.1 Å². The second kappa shape index (κ2) is 6.36. The fraction of sp³-hybridized carbons (Fsp3) is 0.231. The Balaban J connectivity index is 1.93. The van der Waals surface area contributed by atoms with Gasteiger partial charge in [0.2, 0.25) is 5.89 Å². The summed E-state index contributed by atoms with van der Waals surface area (Å²) in [6.45, 7) is 3.39. The van der Waals surface area contributed by atoms with Gasteiger partial charge in [0.25, 0.3) is 0 Å². The van der Waals surface area contributed by atoms with Gasteiger partial charge in [-0.15, -0.1) is 0 Å². The van der Waals surface area contributed by atoms with Crippen molar-refractivity contribution in [3.8, 4) is 0 Å². The van der Waals surface area contributed by atoms with Crippen LogP contribution in [0.4, 0.5) is 5.69 Å². The van der Waals surface area contributed by atoms with Crippen LogP contribution >= 0.6 is 11.6 Å². The van der Waals surface area contributed by atoms with Crippen molar-refractivity contribution in [3.05, 3.63) is 40.5 Å². The number of halogens is 1. The number of amides is 2. The standard InChI is InChI=1S/C13H13ClN4O3/c1-7-9(14)4-3-5-10(7)17-13(20)12(19)15-6-11-16-8(2)18-21-11/h3-5H,6H2,1-2H3,(H,15,19)(H,17,20). The highest BCUT2D eigenvalue weighted by Gasteiger charge is 2.16. The summed E-state index contributed by atoms with van der Waals surface area (Å²) >= 11 is 5.94. The number of nitrogens with zero attached hydrogens (tertiary/aromatic N) is 2. The van der Waals surface area contributed by atoms with Crippen LogP contribution in [-0.4, -0.2) is 22.0 Å². The Hall–Kier alpha value is -2.41. The van der Waals surface area contributed by atoms with Gasteiger partial charge in [-0.2, -0.15) is 4.98 Å². The van der Waals surface area contributed by atoms with Gasteiger partial charge in [0, 0.05) is 10.7 Å². The van der Waals surface area contributed by atoms with Crippen LogP contribution in [-0.2, 0) is 16.1 Å². The second-order valence-electron chi connectivity index (χ2n) is 4.28. The average Bonchev–Trinajstić information content (AvgIpc) is 2.87. The summed E-state index contributed by atoms with van der Waals surface area (Å²) in [5.74, 6) is -0.910. The number of rotatable bonds is 3. The van der Waals surface area contributed by atoms with Gasteiger partial charge >= 0.3 is 11.8 Å². The van der Waals surface area contributed by atoms with Crippen LogP contribution < -0.4 is 10.6 Å². The van der Waals surface area contributed by atoms with Gasteiger partial charge in [0.05, 0.1) is 6.54 Å². The van der Waals surface area contributed by atoms with Crippen molar-refractivity contribution in [2.45, 2.75) is 20.4 Å². The van der Waals surface area contributed by atoms with Crippen molar-refractivity contribution < 1.29 is 14.1 Å². The highest BCUT2D eigenvalue weighted by molar-refractivity contribution is 6.40. The molecule has 110 valence electrons. The largest absolute Gasteiger partial charge is 0.339 e. The number of carbonyl (C=O) groups excluding carboxylic acids is 2. The van der Waals surface area contributed by atoms with E-state index in [-0.39, 0.29) is 12.4 Å². The highest BCUT2D eigenvalue weighted by Crippen LogP contribution is 2.22. The molecule has 0 bridgehead atoms. The quantitative estimate of drug-likeness (QED) is 0.839. The minimum atomic E-state index is -0.801. The average molecular weight is 309 g/mol. The number of aromatic nitrogens is 2.